The highest BCUT2D eigenvalue weighted by molar-refractivity contribution is 7.16. The zero-order valence-electron chi connectivity index (χ0n) is 11.1. The number of hydrogen-bond donors (Lipinski definition) is 2. The number of thiophene rings is 1. The van der Waals surface area contributed by atoms with Gasteiger partial charge in [0.2, 0.25) is 0 Å². The van der Waals surface area contributed by atoms with Crippen LogP contribution < -0.4 is 5.32 Å². The van der Waals surface area contributed by atoms with E-state index in [-0.39, 0.29) is 11.8 Å². The smallest absolute Gasteiger partial charge is 0.306 e. The van der Waals surface area contributed by atoms with E-state index in [9.17, 15) is 9.90 Å². The predicted octanol–water partition coefficient (Wildman–Crippen LogP) is 2.99. The molecule has 3 rings (SSSR count). The number of rotatable bonds is 4. The van der Waals surface area contributed by atoms with Crippen LogP contribution in [0.3, 0.4) is 0 Å². The molecule has 2 aromatic heterocycles. The van der Waals surface area contributed by atoms with Crippen molar-refractivity contribution in [1.29, 1.82) is 0 Å². The number of aliphatic carboxylic acids is 1. The van der Waals surface area contributed by atoms with Crippen molar-refractivity contribution >= 4 is 33.3 Å². The molecule has 2 aromatic rings. The van der Waals surface area contributed by atoms with Crippen molar-refractivity contribution in [3.63, 3.8) is 0 Å². The fourth-order valence-electron chi connectivity index (χ4n) is 2.94. The molecular formula is C14H17N3O2S. The molecule has 1 aliphatic rings. The second-order valence-electron chi connectivity index (χ2n) is 5.23. The second-order valence-corrected chi connectivity index (χ2v) is 6.13. The molecule has 0 spiro atoms. The lowest BCUT2D eigenvalue weighted by Crippen LogP contribution is -2.31. The standard InChI is InChI=1S/C14H17N3O2S/c18-14(19)10-4-2-1-3-9(10)7-15-12-11-5-6-20-13(11)17-8-16-12/h5-6,8-10H,1-4,7H2,(H,18,19)(H,15,16,17). The summed E-state index contributed by atoms with van der Waals surface area (Å²) in [5.74, 6) is 0.104. The molecule has 0 bridgehead atoms. The molecule has 0 aliphatic heterocycles. The van der Waals surface area contributed by atoms with Gasteiger partial charge in [-0.2, -0.15) is 0 Å². The minimum Gasteiger partial charge on any atom is -0.481 e. The van der Waals surface area contributed by atoms with Gasteiger partial charge in [0, 0.05) is 6.54 Å². The monoisotopic (exact) mass is 291 g/mol. The highest BCUT2D eigenvalue weighted by Gasteiger charge is 2.30. The maximum Gasteiger partial charge on any atom is 0.306 e. The number of hydrogen-bond acceptors (Lipinski definition) is 5. The topological polar surface area (TPSA) is 75.1 Å². The molecule has 0 amide bonds. The van der Waals surface area contributed by atoms with Gasteiger partial charge in [-0.05, 0) is 30.2 Å². The van der Waals surface area contributed by atoms with Gasteiger partial charge in [0.1, 0.15) is 17.0 Å². The summed E-state index contributed by atoms with van der Waals surface area (Å²) < 4.78 is 0. The number of aromatic nitrogens is 2. The first-order chi connectivity index (χ1) is 9.75. The van der Waals surface area contributed by atoms with Gasteiger partial charge in [0.25, 0.3) is 0 Å². The zero-order chi connectivity index (χ0) is 13.9. The van der Waals surface area contributed by atoms with Crippen LogP contribution in [0.2, 0.25) is 0 Å². The van der Waals surface area contributed by atoms with E-state index < -0.39 is 5.97 Å². The van der Waals surface area contributed by atoms with Gasteiger partial charge in [-0.1, -0.05) is 12.8 Å². The van der Waals surface area contributed by atoms with Gasteiger partial charge in [-0.15, -0.1) is 11.3 Å². The maximum absolute atomic E-state index is 11.3. The average Bonchev–Trinajstić information content (AvgIpc) is 2.94. The normalized spacial score (nSPS) is 22.8. The van der Waals surface area contributed by atoms with Crippen LogP contribution in [-0.4, -0.2) is 27.6 Å². The van der Waals surface area contributed by atoms with Crippen molar-refractivity contribution in [3.8, 4) is 0 Å². The van der Waals surface area contributed by atoms with Crippen LogP contribution in [0.25, 0.3) is 10.2 Å². The summed E-state index contributed by atoms with van der Waals surface area (Å²) in [6.45, 7) is 0.666. The fraction of sp³-hybridized carbons (Fsp3) is 0.500. The van der Waals surface area contributed by atoms with E-state index in [4.69, 9.17) is 0 Å². The third kappa shape index (κ3) is 2.60. The number of nitrogens with zero attached hydrogens (tertiary/aromatic N) is 2. The average molecular weight is 291 g/mol. The molecule has 0 saturated heterocycles. The predicted molar refractivity (Wildman–Crippen MR) is 79.0 cm³/mol. The van der Waals surface area contributed by atoms with E-state index in [0.29, 0.717) is 6.54 Å². The summed E-state index contributed by atoms with van der Waals surface area (Å²) in [4.78, 5) is 20.7. The van der Waals surface area contributed by atoms with Gasteiger partial charge in [-0.25, -0.2) is 9.97 Å². The molecule has 1 fully saturated rings. The third-order valence-electron chi connectivity index (χ3n) is 4.02. The number of carboxylic acid groups (broad SMARTS) is 1. The summed E-state index contributed by atoms with van der Waals surface area (Å²) in [5.41, 5.74) is 0. The first-order valence-electron chi connectivity index (χ1n) is 6.90. The van der Waals surface area contributed by atoms with Crippen LogP contribution >= 0.6 is 11.3 Å². The minimum atomic E-state index is -0.667. The number of anilines is 1. The largest absolute Gasteiger partial charge is 0.481 e. The van der Waals surface area contributed by atoms with E-state index in [1.54, 1.807) is 17.7 Å². The zero-order valence-corrected chi connectivity index (χ0v) is 11.9. The van der Waals surface area contributed by atoms with Crippen molar-refractivity contribution in [2.24, 2.45) is 11.8 Å². The molecule has 5 nitrogen and oxygen atoms in total. The van der Waals surface area contributed by atoms with Crippen molar-refractivity contribution in [1.82, 2.24) is 9.97 Å². The molecule has 1 saturated carbocycles. The van der Waals surface area contributed by atoms with E-state index in [1.165, 1.54) is 0 Å². The lowest BCUT2D eigenvalue weighted by molar-refractivity contribution is -0.144. The van der Waals surface area contributed by atoms with E-state index in [1.807, 2.05) is 11.4 Å². The van der Waals surface area contributed by atoms with Crippen molar-refractivity contribution in [2.45, 2.75) is 25.7 Å². The Hall–Kier alpha value is -1.69. The van der Waals surface area contributed by atoms with E-state index >= 15 is 0 Å². The van der Waals surface area contributed by atoms with E-state index in [2.05, 4.69) is 15.3 Å². The summed E-state index contributed by atoms with van der Waals surface area (Å²) in [6.07, 6.45) is 5.46. The molecule has 6 heteroatoms. The van der Waals surface area contributed by atoms with Crippen molar-refractivity contribution in [3.05, 3.63) is 17.8 Å². The lowest BCUT2D eigenvalue weighted by Gasteiger charge is -2.28. The quantitative estimate of drug-likeness (QED) is 0.905. The van der Waals surface area contributed by atoms with Crippen molar-refractivity contribution in [2.75, 3.05) is 11.9 Å². The molecule has 1 aliphatic carbocycles. The Bertz CT molecular complexity index is 613. The van der Waals surface area contributed by atoms with Gasteiger partial charge in [0.05, 0.1) is 11.3 Å². The van der Waals surface area contributed by atoms with Crippen LogP contribution in [-0.2, 0) is 4.79 Å². The van der Waals surface area contributed by atoms with Gasteiger partial charge >= 0.3 is 5.97 Å². The Labute approximate surface area is 121 Å². The molecule has 2 N–H and O–H groups in total. The molecule has 2 unspecified atom stereocenters. The summed E-state index contributed by atoms with van der Waals surface area (Å²) in [5, 5.41) is 15.6. The van der Waals surface area contributed by atoms with Gasteiger partial charge in [-0.3, -0.25) is 4.79 Å². The minimum absolute atomic E-state index is 0.185. The molecule has 2 atom stereocenters. The van der Waals surface area contributed by atoms with Crippen LogP contribution in [0.5, 0.6) is 0 Å². The summed E-state index contributed by atoms with van der Waals surface area (Å²) >= 11 is 1.58. The number of fused-ring (bicyclic) bond motifs is 1. The first-order valence-corrected chi connectivity index (χ1v) is 7.78. The van der Waals surface area contributed by atoms with E-state index in [0.717, 1.165) is 41.7 Å². The van der Waals surface area contributed by atoms with Gasteiger partial charge in [0.15, 0.2) is 0 Å². The van der Waals surface area contributed by atoms with Crippen LogP contribution in [0.4, 0.5) is 5.82 Å². The van der Waals surface area contributed by atoms with Crippen LogP contribution in [0.15, 0.2) is 17.8 Å². The number of carbonyl (C=O) groups is 1. The number of carboxylic acids is 1. The molecule has 0 aromatic carbocycles. The Morgan fingerprint density at radius 1 is 1.40 bits per heavy atom. The van der Waals surface area contributed by atoms with Crippen molar-refractivity contribution < 1.29 is 9.90 Å². The highest BCUT2D eigenvalue weighted by atomic mass is 32.1. The fourth-order valence-corrected chi connectivity index (χ4v) is 3.67. The number of nitrogens with one attached hydrogen (secondary N) is 1. The summed E-state index contributed by atoms with van der Waals surface area (Å²) in [6, 6.07) is 2.00. The molecule has 20 heavy (non-hydrogen) atoms. The maximum atomic E-state index is 11.3. The Balaban J connectivity index is 1.72. The summed E-state index contributed by atoms with van der Waals surface area (Å²) in [7, 11) is 0. The van der Waals surface area contributed by atoms with Crippen LogP contribution in [0, 0.1) is 11.8 Å². The SMILES string of the molecule is O=C(O)C1CCCCC1CNc1ncnc2sccc12. The Morgan fingerprint density at radius 3 is 3.10 bits per heavy atom. The van der Waals surface area contributed by atoms with Crippen LogP contribution in [0.1, 0.15) is 25.7 Å². The molecular weight excluding hydrogens is 274 g/mol. The Kier molecular flexibility index (Phi) is 3.82. The second kappa shape index (κ2) is 5.75. The molecule has 0 radical (unpaired) electrons. The third-order valence-corrected chi connectivity index (χ3v) is 4.84. The first kappa shape index (κ1) is 13.3. The molecule has 106 valence electrons. The van der Waals surface area contributed by atoms with Gasteiger partial charge < -0.3 is 10.4 Å². The lowest BCUT2D eigenvalue weighted by atomic mass is 9.79. The highest BCUT2D eigenvalue weighted by Crippen LogP contribution is 2.31. The Morgan fingerprint density at radius 2 is 2.25 bits per heavy atom. The molecule has 2 heterocycles.